The summed E-state index contributed by atoms with van der Waals surface area (Å²) >= 11 is 0. The molecule has 1 saturated heterocycles. The second kappa shape index (κ2) is 5.78. The molecule has 2 aliphatic heterocycles. The Balaban J connectivity index is 1.84. The van der Waals surface area contributed by atoms with Crippen LogP contribution in [0.2, 0.25) is 0 Å². The van der Waals surface area contributed by atoms with Crippen molar-refractivity contribution in [1.82, 2.24) is 5.32 Å². The van der Waals surface area contributed by atoms with Crippen molar-refractivity contribution in [2.75, 3.05) is 26.3 Å². The van der Waals surface area contributed by atoms with Gasteiger partial charge in [0.15, 0.2) is 17.3 Å². The Kier molecular flexibility index (Phi) is 3.87. The van der Waals surface area contributed by atoms with Gasteiger partial charge >= 0.3 is 0 Å². The number of nitrogens with one attached hydrogen (secondary N) is 1. The lowest BCUT2D eigenvalue weighted by molar-refractivity contribution is 0.291. The highest BCUT2D eigenvalue weighted by Gasteiger charge is 2.22. The molecule has 0 bridgehead atoms. The van der Waals surface area contributed by atoms with Crippen LogP contribution in [-0.4, -0.2) is 26.3 Å². The van der Waals surface area contributed by atoms with Crippen molar-refractivity contribution < 1.29 is 13.9 Å². The fourth-order valence-electron chi connectivity index (χ4n) is 2.85. The number of hydrogen-bond acceptors (Lipinski definition) is 3. The third-order valence-electron chi connectivity index (χ3n) is 3.83. The average Bonchev–Trinajstić information content (AvgIpc) is 2.70. The standard InChI is InChI=1S/C15H20FNO2/c16-13-5-4-12(9-11-3-1-6-17-10-11)14-15(13)19-8-2-7-18-14/h4-5,11,17H,1-3,6-10H2. The summed E-state index contributed by atoms with van der Waals surface area (Å²) in [5.74, 6) is 1.22. The van der Waals surface area contributed by atoms with E-state index in [1.54, 1.807) is 0 Å². The van der Waals surface area contributed by atoms with E-state index in [-0.39, 0.29) is 5.82 Å². The molecule has 1 aromatic rings. The van der Waals surface area contributed by atoms with Crippen LogP contribution in [0.15, 0.2) is 12.1 Å². The van der Waals surface area contributed by atoms with Gasteiger partial charge in [-0.3, -0.25) is 0 Å². The third-order valence-corrected chi connectivity index (χ3v) is 3.83. The molecule has 2 heterocycles. The summed E-state index contributed by atoms with van der Waals surface area (Å²) in [4.78, 5) is 0. The molecular formula is C15H20FNO2. The van der Waals surface area contributed by atoms with Crippen LogP contribution in [0.4, 0.5) is 4.39 Å². The van der Waals surface area contributed by atoms with Crippen LogP contribution in [0.5, 0.6) is 11.5 Å². The zero-order chi connectivity index (χ0) is 13.1. The minimum atomic E-state index is -0.317. The lowest BCUT2D eigenvalue weighted by atomic mass is 9.92. The average molecular weight is 265 g/mol. The zero-order valence-electron chi connectivity index (χ0n) is 11.1. The summed E-state index contributed by atoms with van der Waals surface area (Å²) in [6.45, 7) is 3.27. The van der Waals surface area contributed by atoms with Crippen LogP contribution in [-0.2, 0) is 6.42 Å². The predicted molar refractivity (Wildman–Crippen MR) is 71.3 cm³/mol. The number of hydrogen-bond donors (Lipinski definition) is 1. The van der Waals surface area contributed by atoms with E-state index in [2.05, 4.69) is 5.32 Å². The Morgan fingerprint density at radius 1 is 1.16 bits per heavy atom. The first-order chi connectivity index (χ1) is 9.34. The second-order valence-corrected chi connectivity index (χ2v) is 5.33. The van der Waals surface area contributed by atoms with Gasteiger partial charge in [0.1, 0.15) is 0 Å². The number of benzene rings is 1. The van der Waals surface area contributed by atoms with Crippen LogP contribution in [0, 0.1) is 11.7 Å². The third kappa shape index (κ3) is 2.84. The number of rotatable bonds is 2. The summed E-state index contributed by atoms with van der Waals surface area (Å²) < 4.78 is 25.0. The summed E-state index contributed by atoms with van der Waals surface area (Å²) in [6.07, 6.45) is 4.17. The van der Waals surface area contributed by atoms with E-state index in [0.29, 0.717) is 30.6 Å². The highest BCUT2D eigenvalue weighted by atomic mass is 19.1. The minimum absolute atomic E-state index is 0.304. The lowest BCUT2D eigenvalue weighted by Crippen LogP contribution is -2.30. The van der Waals surface area contributed by atoms with Gasteiger partial charge in [0, 0.05) is 6.42 Å². The molecule has 1 fully saturated rings. The molecule has 19 heavy (non-hydrogen) atoms. The molecular weight excluding hydrogens is 245 g/mol. The molecule has 1 unspecified atom stereocenters. The first-order valence-corrected chi connectivity index (χ1v) is 7.12. The molecule has 0 aliphatic carbocycles. The molecule has 2 aliphatic rings. The quantitative estimate of drug-likeness (QED) is 0.891. The lowest BCUT2D eigenvalue weighted by Gasteiger charge is -2.24. The minimum Gasteiger partial charge on any atom is -0.489 e. The van der Waals surface area contributed by atoms with Gasteiger partial charge in [0.05, 0.1) is 13.2 Å². The topological polar surface area (TPSA) is 30.5 Å². The van der Waals surface area contributed by atoms with Gasteiger partial charge < -0.3 is 14.8 Å². The maximum atomic E-state index is 13.8. The maximum absolute atomic E-state index is 13.8. The number of ether oxygens (including phenoxy) is 2. The van der Waals surface area contributed by atoms with E-state index in [0.717, 1.165) is 31.5 Å². The summed E-state index contributed by atoms with van der Waals surface area (Å²) in [6, 6.07) is 3.34. The monoisotopic (exact) mass is 265 g/mol. The van der Waals surface area contributed by atoms with Gasteiger partial charge in [-0.25, -0.2) is 4.39 Å². The van der Waals surface area contributed by atoms with Gasteiger partial charge in [-0.2, -0.15) is 0 Å². The fraction of sp³-hybridized carbons (Fsp3) is 0.600. The highest BCUT2D eigenvalue weighted by Crippen LogP contribution is 2.37. The van der Waals surface area contributed by atoms with Gasteiger partial charge in [-0.05, 0) is 49.9 Å². The van der Waals surface area contributed by atoms with Crippen LogP contribution in [0.25, 0.3) is 0 Å². The van der Waals surface area contributed by atoms with Gasteiger partial charge in [0.2, 0.25) is 0 Å². The molecule has 104 valence electrons. The molecule has 0 spiro atoms. The maximum Gasteiger partial charge on any atom is 0.197 e. The van der Waals surface area contributed by atoms with E-state index in [1.165, 1.54) is 18.9 Å². The van der Waals surface area contributed by atoms with E-state index < -0.39 is 0 Å². The number of piperidine rings is 1. The molecule has 0 amide bonds. The van der Waals surface area contributed by atoms with Gasteiger partial charge in [0.25, 0.3) is 0 Å². The molecule has 0 aromatic heterocycles. The normalized spacial score (nSPS) is 22.9. The Morgan fingerprint density at radius 2 is 2.00 bits per heavy atom. The van der Waals surface area contributed by atoms with Crippen molar-refractivity contribution in [2.24, 2.45) is 5.92 Å². The van der Waals surface area contributed by atoms with Crippen molar-refractivity contribution in [3.8, 4) is 11.5 Å². The van der Waals surface area contributed by atoms with E-state index in [9.17, 15) is 4.39 Å². The van der Waals surface area contributed by atoms with Crippen LogP contribution >= 0.6 is 0 Å². The Hall–Kier alpha value is -1.29. The van der Waals surface area contributed by atoms with Crippen LogP contribution in [0.1, 0.15) is 24.8 Å². The highest BCUT2D eigenvalue weighted by molar-refractivity contribution is 5.48. The SMILES string of the molecule is Fc1ccc(CC2CCCNC2)c2c1OCCCO2. The largest absolute Gasteiger partial charge is 0.489 e. The number of halogens is 1. The van der Waals surface area contributed by atoms with Gasteiger partial charge in [-0.15, -0.1) is 0 Å². The summed E-state index contributed by atoms with van der Waals surface area (Å²) in [5, 5.41) is 3.41. The van der Waals surface area contributed by atoms with Crippen molar-refractivity contribution in [3.05, 3.63) is 23.5 Å². The zero-order valence-corrected chi connectivity index (χ0v) is 11.1. The van der Waals surface area contributed by atoms with Crippen molar-refractivity contribution in [2.45, 2.75) is 25.7 Å². The fourth-order valence-corrected chi connectivity index (χ4v) is 2.85. The van der Waals surface area contributed by atoms with Crippen molar-refractivity contribution >= 4 is 0 Å². The predicted octanol–water partition coefficient (Wildman–Crippen LogP) is 2.53. The molecule has 0 radical (unpaired) electrons. The Labute approximate surface area is 113 Å². The molecule has 4 heteroatoms. The van der Waals surface area contributed by atoms with E-state index in [4.69, 9.17) is 9.47 Å². The molecule has 3 nitrogen and oxygen atoms in total. The van der Waals surface area contributed by atoms with Crippen LogP contribution in [0.3, 0.4) is 0 Å². The molecule has 1 N–H and O–H groups in total. The molecule has 1 aromatic carbocycles. The summed E-state index contributed by atoms with van der Waals surface area (Å²) in [7, 11) is 0. The summed E-state index contributed by atoms with van der Waals surface area (Å²) in [5.41, 5.74) is 1.08. The molecule has 3 rings (SSSR count). The molecule has 0 saturated carbocycles. The molecule has 1 atom stereocenters. The first-order valence-electron chi connectivity index (χ1n) is 7.12. The Morgan fingerprint density at radius 3 is 2.79 bits per heavy atom. The second-order valence-electron chi connectivity index (χ2n) is 5.33. The van der Waals surface area contributed by atoms with E-state index >= 15 is 0 Å². The Bertz CT molecular complexity index is 444. The first kappa shape index (κ1) is 12.7. The number of fused-ring (bicyclic) bond motifs is 1. The van der Waals surface area contributed by atoms with Crippen molar-refractivity contribution in [3.63, 3.8) is 0 Å². The van der Waals surface area contributed by atoms with Crippen LogP contribution < -0.4 is 14.8 Å². The van der Waals surface area contributed by atoms with E-state index in [1.807, 2.05) is 6.07 Å². The van der Waals surface area contributed by atoms with Gasteiger partial charge in [-0.1, -0.05) is 6.07 Å². The smallest absolute Gasteiger partial charge is 0.197 e. The van der Waals surface area contributed by atoms with Crippen molar-refractivity contribution in [1.29, 1.82) is 0 Å².